The van der Waals surface area contributed by atoms with E-state index in [4.69, 9.17) is 34.8 Å². The fraction of sp³-hybridized carbons (Fsp3) is 0.188. The third-order valence-corrected chi connectivity index (χ3v) is 5.84. The highest BCUT2D eigenvalue weighted by atomic mass is 35.5. The molecular weight excluding hydrogens is 407 g/mol. The van der Waals surface area contributed by atoms with Crippen LogP contribution < -0.4 is 10.0 Å². The molecule has 134 valence electrons. The monoisotopic (exact) mass is 420 g/mol. The van der Waals surface area contributed by atoms with Crippen molar-refractivity contribution in [3.05, 3.63) is 62.6 Å². The average Bonchev–Trinajstić information content (AvgIpc) is 2.54. The van der Waals surface area contributed by atoms with E-state index < -0.39 is 22.0 Å². The Bertz CT molecular complexity index is 917. The molecule has 0 saturated carbocycles. The van der Waals surface area contributed by atoms with E-state index in [1.54, 1.807) is 25.1 Å². The van der Waals surface area contributed by atoms with Crippen LogP contribution in [0.25, 0.3) is 0 Å². The van der Waals surface area contributed by atoms with Gasteiger partial charge in [-0.25, -0.2) is 13.1 Å². The molecule has 0 aliphatic heterocycles. The number of amides is 1. The maximum absolute atomic E-state index is 12.5. The van der Waals surface area contributed by atoms with Gasteiger partial charge in [0.15, 0.2) is 0 Å². The van der Waals surface area contributed by atoms with Gasteiger partial charge in [-0.15, -0.1) is 0 Å². The summed E-state index contributed by atoms with van der Waals surface area (Å²) in [5.41, 5.74) is 0.726. The second-order valence-corrected chi connectivity index (χ2v) is 8.35. The van der Waals surface area contributed by atoms with Crippen LogP contribution >= 0.6 is 34.8 Å². The van der Waals surface area contributed by atoms with Gasteiger partial charge in [-0.3, -0.25) is 4.79 Å². The number of halogens is 3. The highest BCUT2D eigenvalue weighted by Gasteiger charge is 2.20. The molecule has 0 aliphatic carbocycles. The lowest BCUT2D eigenvalue weighted by atomic mass is 10.1. The number of carbonyl (C=O) groups is 1. The number of hydrogen-bond donors (Lipinski definition) is 2. The maximum atomic E-state index is 12.5. The van der Waals surface area contributed by atoms with Gasteiger partial charge in [-0.1, -0.05) is 40.9 Å². The van der Waals surface area contributed by atoms with Crippen LogP contribution in [0, 0.1) is 0 Å². The molecule has 2 N–H and O–H groups in total. The number of hydrogen-bond acceptors (Lipinski definition) is 3. The largest absolute Gasteiger partial charge is 0.345 e. The molecule has 2 rings (SSSR count). The van der Waals surface area contributed by atoms with E-state index in [1.807, 2.05) is 0 Å². The Balaban J connectivity index is 2.30. The predicted molar refractivity (Wildman–Crippen MR) is 100 cm³/mol. The van der Waals surface area contributed by atoms with Crippen molar-refractivity contribution in [3.8, 4) is 0 Å². The summed E-state index contributed by atoms with van der Waals surface area (Å²) in [6.07, 6.45) is 0. The first kappa shape index (κ1) is 20.0. The smallest absolute Gasteiger partial charge is 0.253 e. The van der Waals surface area contributed by atoms with E-state index in [0.717, 1.165) is 0 Å². The lowest BCUT2D eigenvalue weighted by Crippen LogP contribution is -2.27. The van der Waals surface area contributed by atoms with Crippen molar-refractivity contribution in [2.45, 2.75) is 17.9 Å². The standard InChI is InChI=1S/C16H15Cl3N2O3S/c1-9(12-5-3-10(17)7-15(12)19)21-16(22)13-8-11(4-6-14(13)18)25(23,24)20-2/h3-9,20H,1-2H3,(H,21,22). The van der Waals surface area contributed by atoms with Gasteiger partial charge in [0.1, 0.15) is 0 Å². The van der Waals surface area contributed by atoms with E-state index in [9.17, 15) is 13.2 Å². The summed E-state index contributed by atoms with van der Waals surface area (Å²) in [6, 6.07) is 8.43. The van der Waals surface area contributed by atoms with Crippen molar-refractivity contribution < 1.29 is 13.2 Å². The molecule has 0 bridgehead atoms. The van der Waals surface area contributed by atoms with Crippen molar-refractivity contribution >= 4 is 50.7 Å². The lowest BCUT2D eigenvalue weighted by Gasteiger charge is -2.17. The predicted octanol–water partition coefficient (Wildman–Crippen LogP) is 4.05. The van der Waals surface area contributed by atoms with Crippen LogP contribution in [0.5, 0.6) is 0 Å². The van der Waals surface area contributed by atoms with E-state index in [2.05, 4.69) is 10.0 Å². The van der Waals surface area contributed by atoms with Gasteiger partial charge < -0.3 is 5.32 Å². The summed E-state index contributed by atoms with van der Waals surface area (Å²) in [7, 11) is -2.40. The van der Waals surface area contributed by atoms with E-state index >= 15 is 0 Å². The summed E-state index contributed by atoms with van der Waals surface area (Å²) in [5, 5.41) is 3.79. The van der Waals surface area contributed by atoms with Crippen LogP contribution in [0.1, 0.15) is 28.9 Å². The summed E-state index contributed by atoms with van der Waals surface area (Å²) >= 11 is 18.1. The molecule has 1 amide bonds. The zero-order chi connectivity index (χ0) is 18.8. The zero-order valence-electron chi connectivity index (χ0n) is 13.3. The quantitative estimate of drug-likeness (QED) is 0.765. The van der Waals surface area contributed by atoms with Gasteiger partial charge in [0.25, 0.3) is 5.91 Å². The van der Waals surface area contributed by atoms with E-state index in [1.165, 1.54) is 25.2 Å². The van der Waals surface area contributed by atoms with E-state index in [0.29, 0.717) is 15.6 Å². The van der Waals surface area contributed by atoms with Crippen LogP contribution in [-0.4, -0.2) is 21.4 Å². The summed E-state index contributed by atoms with van der Waals surface area (Å²) in [4.78, 5) is 12.5. The number of benzene rings is 2. The molecule has 2 aromatic rings. The third kappa shape index (κ3) is 4.65. The van der Waals surface area contributed by atoms with Gasteiger partial charge >= 0.3 is 0 Å². The zero-order valence-corrected chi connectivity index (χ0v) is 16.4. The second kappa shape index (κ2) is 7.93. The minimum Gasteiger partial charge on any atom is -0.345 e. The lowest BCUT2D eigenvalue weighted by molar-refractivity contribution is 0.0940. The van der Waals surface area contributed by atoms with Gasteiger partial charge in [0.2, 0.25) is 10.0 Å². The topological polar surface area (TPSA) is 75.3 Å². The summed E-state index contributed by atoms with van der Waals surface area (Å²) in [5.74, 6) is -0.517. The number of sulfonamides is 1. The van der Waals surface area contributed by atoms with Gasteiger partial charge in [-0.2, -0.15) is 0 Å². The Hall–Kier alpha value is -1.31. The normalized spacial score (nSPS) is 12.7. The van der Waals surface area contributed by atoms with Crippen molar-refractivity contribution in [1.82, 2.24) is 10.0 Å². The first-order valence-electron chi connectivity index (χ1n) is 7.14. The molecule has 9 heteroatoms. The molecule has 0 radical (unpaired) electrons. The van der Waals surface area contributed by atoms with Gasteiger partial charge in [0, 0.05) is 10.0 Å². The third-order valence-electron chi connectivity index (χ3n) is 3.54. The van der Waals surface area contributed by atoms with Crippen molar-refractivity contribution in [2.24, 2.45) is 0 Å². The molecule has 1 atom stereocenters. The van der Waals surface area contributed by atoms with Gasteiger partial charge in [0.05, 0.1) is 21.5 Å². The molecule has 0 aromatic heterocycles. The molecule has 5 nitrogen and oxygen atoms in total. The van der Waals surface area contributed by atoms with Crippen molar-refractivity contribution in [1.29, 1.82) is 0 Å². The Kier molecular flexibility index (Phi) is 6.35. The fourth-order valence-electron chi connectivity index (χ4n) is 2.17. The summed E-state index contributed by atoms with van der Waals surface area (Å²) in [6.45, 7) is 1.75. The highest BCUT2D eigenvalue weighted by Crippen LogP contribution is 2.27. The molecular formula is C16H15Cl3N2O3S. The number of nitrogens with one attached hydrogen (secondary N) is 2. The van der Waals surface area contributed by atoms with Crippen LogP contribution in [-0.2, 0) is 10.0 Å². The van der Waals surface area contributed by atoms with Crippen LogP contribution in [0.2, 0.25) is 15.1 Å². The molecule has 0 fully saturated rings. The van der Waals surface area contributed by atoms with Crippen LogP contribution in [0.3, 0.4) is 0 Å². The first-order chi connectivity index (χ1) is 11.7. The molecule has 0 spiro atoms. The van der Waals surface area contributed by atoms with Crippen LogP contribution in [0.4, 0.5) is 0 Å². The Morgan fingerprint density at radius 3 is 2.32 bits per heavy atom. The van der Waals surface area contributed by atoms with Crippen molar-refractivity contribution in [2.75, 3.05) is 7.05 Å². The fourth-order valence-corrected chi connectivity index (χ4v) is 3.70. The molecule has 0 saturated heterocycles. The van der Waals surface area contributed by atoms with Gasteiger partial charge in [-0.05, 0) is 49.9 Å². The SMILES string of the molecule is CNS(=O)(=O)c1ccc(Cl)c(C(=O)NC(C)c2ccc(Cl)cc2Cl)c1. The first-order valence-corrected chi connectivity index (χ1v) is 9.76. The molecule has 0 heterocycles. The highest BCUT2D eigenvalue weighted by molar-refractivity contribution is 7.89. The number of rotatable bonds is 5. The molecule has 1 unspecified atom stereocenters. The Morgan fingerprint density at radius 1 is 1.04 bits per heavy atom. The second-order valence-electron chi connectivity index (χ2n) is 5.21. The van der Waals surface area contributed by atoms with Crippen LogP contribution in [0.15, 0.2) is 41.3 Å². The number of carbonyl (C=O) groups excluding carboxylic acids is 1. The Labute approximate surface area is 161 Å². The average molecular weight is 422 g/mol. The molecule has 2 aromatic carbocycles. The minimum absolute atomic E-state index is 0.0509. The van der Waals surface area contributed by atoms with Crippen molar-refractivity contribution in [3.63, 3.8) is 0 Å². The molecule has 25 heavy (non-hydrogen) atoms. The maximum Gasteiger partial charge on any atom is 0.253 e. The minimum atomic E-state index is -3.69. The van der Waals surface area contributed by atoms with E-state index in [-0.39, 0.29) is 15.5 Å². The molecule has 0 aliphatic rings. The summed E-state index contributed by atoms with van der Waals surface area (Å²) < 4.78 is 26.0. The Morgan fingerprint density at radius 2 is 1.72 bits per heavy atom.